The molecule has 0 radical (unpaired) electrons. The van der Waals surface area contributed by atoms with E-state index >= 15 is 0 Å². The lowest BCUT2D eigenvalue weighted by Gasteiger charge is -2.32. The maximum absolute atomic E-state index is 12.8. The SMILES string of the molecule is O=C(O)CC[C@@H]1CCCN(C(=O)c2cccc(Nc3cnccn3)c2)C1. The minimum absolute atomic E-state index is 0.0205. The van der Waals surface area contributed by atoms with E-state index in [9.17, 15) is 9.59 Å². The van der Waals surface area contributed by atoms with Crippen molar-refractivity contribution in [2.45, 2.75) is 25.7 Å². The number of likely N-dealkylation sites (tertiary alicyclic amines) is 1. The van der Waals surface area contributed by atoms with Gasteiger partial charge in [-0.05, 0) is 43.4 Å². The number of anilines is 2. The van der Waals surface area contributed by atoms with Crippen molar-refractivity contribution in [3.63, 3.8) is 0 Å². The molecule has 2 aromatic rings. The number of carbonyl (C=O) groups excluding carboxylic acids is 1. The van der Waals surface area contributed by atoms with E-state index in [1.807, 2.05) is 17.0 Å². The summed E-state index contributed by atoms with van der Waals surface area (Å²) in [6.45, 7) is 1.33. The average Bonchev–Trinajstić information content (AvgIpc) is 2.67. The molecular weight excluding hydrogens is 332 g/mol. The van der Waals surface area contributed by atoms with Gasteiger partial charge in [0.1, 0.15) is 5.82 Å². The summed E-state index contributed by atoms with van der Waals surface area (Å²) in [7, 11) is 0. The normalized spacial score (nSPS) is 16.9. The van der Waals surface area contributed by atoms with Crippen LogP contribution in [-0.2, 0) is 4.79 Å². The highest BCUT2D eigenvalue weighted by Crippen LogP contribution is 2.23. The number of rotatable bonds is 6. The van der Waals surface area contributed by atoms with Gasteiger partial charge in [-0.25, -0.2) is 4.98 Å². The van der Waals surface area contributed by atoms with E-state index < -0.39 is 5.97 Å². The fourth-order valence-electron chi connectivity index (χ4n) is 3.24. The van der Waals surface area contributed by atoms with E-state index in [0.717, 1.165) is 18.5 Å². The van der Waals surface area contributed by atoms with Crippen molar-refractivity contribution in [3.8, 4) is 0 Å². The van der Waals surface area contributed by atoms with Crippen molar-refractivity contribution in [1.29, 1.82) is 0 Å². The smallest absolute Gasteiger partial charge is 0.303 e. The number of nitrogens with one attached hydrogen (secondary N) is 1. The van der Waals surface area contributed by atoms with Crippen LogP contribution < -0.4 is 5.32 Å². The molecule has 0 bridgehead atoms. The second kappa shape index (κ2) is 8.42. The number of carboxylic acids is 1. The number of hydrogen-bond acceptors (Lipinski definition) is 5. The first-order valence-electron chi connectivity index (χ1n) is 8.76. The molecule has 2 heterocycles. The van der Waals surface area contributed by atoms with E-state index in [-0.39, 0.29) is 18.2 Å². The van der Waals surface area contributed by atoms with Crippen LogP contribution in [0.1, 0.15) is 36.0 Å². The van der Waals surface area contributed by atoms with Gasteiger partial charge >= 0.3 is 5.97 Å². The minimum Gasteiger partial charge on any atom is -0.481 e. The topological polar surface area (TPSA) is 95.4 Å². The fourth-order valence-corrected chi connectivity index (χ4v) is 3.24. The lowest BCUT2D eigenvalue weighted by molar-refractivity contribution is -0.137. The Balaban J connectivity index is 1.65. The van der Waals surface area contributed by atoms with Crippen molar-refractivity contribution >= 4 is 23.4 Å². The van der Waals surface area contributed by atoms with Gasteiger partial charge in [0.05, 0.1) is 6.20 Å². The first-order chi connectivity index (χ1) is 12.6. The summed E-state index contributed by atoms with van der Waals surface area (Å²) < 4.78 is 0. The average molecular weight is 354 g/mol. The van der Waals surface area contributed by atoms with Crippen molar-refractivity contribution < 1.29 is 14.7 Å². The second-order valence-electron chi connectivity index (χ2n) is 6.49. The van der Waals surface area contributed by atoms with E-state index in [0.29, 0.717) is 30.9 Å². The zero-order chi connectivity index (χ0) is 18.4. The third-order valence-corrected chi connectivity index (χ3v) is 4.52. The molecule has 1 fully saturated rings. The van der Waals surface area contributed by atoms with Crippen LogP contribution >= 0.6 is 0 Å². The number of benzene rings is 1. The largest absolute Gasteiger partial charge is 0.481 e. The van der Waals surface area contributed by atoms with E-state index in [4.69, 9.17) is 5.11 Å². The Bertz CT molecular complexity index is 766. The summed E-state index contributed by atoms with van der Waals surface area (Å²) in [6.07, 6.45) is 7.48. The molecule has 3 rings (SSSR count). The van der Waals surface area contributed by atoms with E-state index in [2.05, 4.69) is 15.3 Å². The molecule has 1 aliphatic heterocycles. The van der Waals surface area contributed by atoms with E-state index in [1.54, 1.807) is 30.7 Å². The van der Waals surface area contributed by atoms with Gasteiger partial charge in [0.2, 0.25) is 0 Å². The molecule has 1 aliphatic rings. The Morgan fingerprint density at radius 3 is 2.96 bits per heavy atom. The first kappa shape index (κ1) is 17.8. The zero-order valence-corrected chi connectivity index (χ0v) is 14.5. The summed E-state index contributed by atoms with van der Waals surface area (Å²) in [5, 5.41) is 12.0. The van der Waals surface area contributed by atoms with Crippen LogP contribution in [0, 0.1) is 5.92 Å². The molecule has 1 atom stereocenters. The summed E-state index contributed by atoms with van der Waals surface area (Å²) in [4.78, 5) is 33.6. The standard InChI is InChI=1S/C19H22N4O3/c24-18(25)7-6-14-3-2-10-23(13-14)19(26)15-4-1-5-16(11-15)22-17-12-20-8-9-21-17/h1,4-5,8-9,11-12,14H,2-3,6-7,10,13H2,(H,21,22)(H,24,25)/t14-/m0/s1. The minimum atomic E-state index is -0.781. The first-order valence-corrected chi connectivity index (χ1v) is 8.76. The summed E-state index contributed by atoms with van der Waals surface area (Å²) in [6, 6.07) is 7.30. The molecule has 136 valence electrons. The van der Waals surface area contributed by atoms with Crippen LogP contribution in [-0.4, -0.2) is 44.9 Å². The highest BCUT2D eigenvalue weighted by atomic mass is 16.4. The van der Waals surface area contributed by atoms with Gasteiger partial charge < -0.3 is 15.3 Å². The van der Waals surface area contributed by atoms with Gasteiger partial charge in [0, 0.05) is 43.2 Å². The Hall–Kier alpha value is -2.96. The Labute approximate surface area is 152 Å². The van der Waals surface area contributed by atoms with Crippen LogP contribution in [0.4, 0.5) is 11.5 Å². The molecule has 26 heavy (non-hydrogen) atoms. The number of carbonyl (C=O) groups is 2. The predicted molar refractivity (Wildman–Crippen MR) is 97.3 cm³/mol. The molecule has 0 spiro atoms. The molecule has 2 N–H and O–H groups in total. The molecular formula is C19H22N4O3. The van der Waals surface area contributed by atoms with Crippen LogP contribution in [0.2, 0.25) is 0 Å². The van der Waals surface area contributed by atoms with Gasteiger partial charge in [-0.2, -0.15) is 0 Å². The molecule has 1 saturated heterocycles. The Morgan fingerprint density at radius 2 is 2.19 bits per heavy atom. The highest BCUT2D eigenvalue weighted by molar-refractivity contribution is 5.95. The van der Waals surface area contributed by atoms with Crippen molar-refractivity contribution in [3.05, 3.63) is 48.4 Å². The van der Waals surface area contributed by atoms with Crippen molar-refractivity contribution in [1.82, 2.24) is 14.9 Å². The monoisotopic (exact) mass is 354 g/mol. The molecule has 0 aliphatic carbocycles. The molecule has 7 nitrogen and oxygen atoms in total. The number of piperidine rings is 1. The lowest BCUT2D eigenvalue weighted by Crippen LogP contribution is -2.40. The van der Waals surface area contributed by atoms with Gasteiger partial charge in [0.25, 0.3) is 5.91 Å². The molecule has 1 aromatic heterocycles. The van der Waals surface area contributed by atoms with Gasteiger partial charge in [-0.15, -0.1) is 0 Å². The zero-order valence-electron chi connectivity index (χ0n) is 14.5. The van der Waals surface area contributed by atoms with Crippen LogP contribution in [0.25, 0.3) is 0 Å². The van der Waals surface area contributed by atoms with Crippen molar-refractivity contribution in [2.75, 3.05) is 18.4 Å². The quantitative estimate of drug-likeness (QED) is 0.828. The van der Waals surface area contributed by atoms with Crippen LogP contribution in [0.5, 0.6) is 0 Å². The molecule has 1 aromatic carbocycles. The number of carboxylic acid groups (broad SMARTS) is 1. The molecule has 0 unspecified atom stereocenters. The number of aromatic nitrogens is 2. The van der Waals surface area contributed by atoms with E-state index in [1.165, 1.54) is 0 Å². The van der Waals surface area contributed by atoms with Crippen LogP contribution in [0.15, 0.2) is 42.9 Å². The molecule has 1 amide bonds. The lowest BCUT2D eigenvalue weighted by atomic mass is 9.93. The van der Waals surface area contributed by atoms with Gasteiger partial charge in [0.15, 0.2) is 0 Å². The summed E-state index contributed by atoms with van der Waals surface area (Å²) in [5.74, 6) is 0.0672. The molecule has 7 heteroatoms. The highest BCUT2D eigenvalue weighted by Gasteiger charge is 2.25. The number of amides is 1. The third-order valence-electron chi connectivity index (χ3n) is 4.52. The maximum atomic E-state index is 12.8. The van der Waals surface area contributed by atoms with Gasteiger partial charge in [-0.1, -0.05) is 6.07 Å². The number of aliphatic carboxylic acids is 1. The molecule has 0 saturated carbocycles. The number of hydrogen-bond donors (Lipinski definition) is 2. The van der Waals surface area contributed by atoms with Crippen LogP contribution in [0.3, 0.4) is 0 Å². The second-order valence-corrected chi connectivity index (χ2v) is 6.49. The fraction of sp³-hybridized carbons (Fsp3) is 0.368. The Morgan fingerprint density at radius 1 is 1.31 bits per heavy atom. The third kappa shape index (κ3) is 4.78. The predicted octanol–water partition coefficient (Wildman–Crippen LogP) is 2.94. The summed E-state index contributed by atoms with van der Waals surface area (Å²) in [5.41, 5.74) is 1.38. The summed E-state index contributed by atoms with van der Waals surface area (Å²) >= 11 is 0. The number of nitrogens with zero attached hydrogens (tertiary/aromatic N) is 3. The Kier molecular flexibility index (Phi) is 5.78. The van der Waals surface area contributed by atoms with Crippen molar-refractivity contribution in [2.24, 2.45) is 5.92 Å². The van der Waals surface area contributed by atoms with Gasteiger partial charge in [-0.3, -0.25) is 14.6 Å². The maximum Gasteiger partial charge on any atom is 0.303 e.